The molecule has 3 rings (SSSR count). The minimum absolute atomic E-state index is 0.0567. The van der Waals surface area contributed by atoms with Gasteiger partial charge in [-0.3, -0.25) is 9.59 Å². The highest BCUT2D eigenvalue weighted by molar-refractivity contribution is 6.03. The van der Waals surface area contributed by atoms with Crippen molar-refractivity contribution in [2.75, 3.05) is 10.6 Å². The van der Waals surface area contributed by atoms with Gasteiger partial charge in [-0.05, 0) is 42.8 Å². The van der Waals surface area contributed by atoms with Crippen LogP contribution in [-0.4, -0.2) is 26.8 Å². The summed E-state index contributed by atoms with van der Waals surface area (Å²) in [5.41, 5.74) is 3.23. The van der Waals surface area contributed by atoms with Crippen molar-refractivity contribution in [3.8, 4) is 5.69 Å². The Bertz CT molecular complexity index is 934. The van der Waals surface area contributed by atoms with Crippen LogP contribution in [0.4, 0.5) is 11.4 Å². The van der Waals surface area contributed by atoms with Crippen LogP contribution in [0.15, 0.2) is 54.7 Å². The molecule has 0 saturated carbocycles. The average molecular weight is 349 g/mol. The number of aryl methyl sites for hydroxylation is 1. The van der Waals surface area contributed by atoms with E-state index < -0.39 is 0 Å². The molecule has 2 aromatic carbocycles. The van der Waals surface area contributed by atoms with Gasteiger partial charge in [0.05, 0.1) is 11.9 Å². The maximum atomic E-state index is 12.4. The van der Waals surface area contributed by atoms with Gasteiger partial charge in [-0.2, -0.15) is 0 Å². The predicted molar refractivity (Wildman–Crippen MR) is 99.4 cm³/mol. The normalized spacial score (nSPS) is 10.4. The highest BCUT2D eigenvalue weighted by Gasteiger charge is 2.13. The zero-order valence-electron chi connectivity index (χ0n) is 14.6. The molecular formula is C19H19N5O2. The monoisotopic (exact) mass is 349 g/mol. The molecule has 26 heavy (non-hydrogen) atoms. The number of carbonyl (C=O) groups is 2. The molecule has 0 aliphatic rings. The van der Waals surface area contributed by atoms with Gasteiger partial charge >= 0.3 is 0 Å². The fraction of sp³-hybridized carbons (Fsp3) is 0.158. The molecule has 0 spiro atoms. The number of hydrogen-bond acceptors (Lipinski definition) is 4. The average Bonchev–Trinajstić information content (AvgIpc) is 3.15. The van der Waals surface area contributed by atoms with Gasteiger partial charge in [0.2, 0.25) is 5.91 Å². The molecule has 7 heteroatoms. The molecule has 0 bridgehead atoms. The van der Waals surface area contributed by atoms with Gasteiger partial charge in [0, 0.05) is 17.8 Å². The van der Waals surface area contributed by atoms with Crippen molar-refractivity contribution in [2.45, 2.75) is 20.3 Å². The van der Waals surface area contributed by atoms with E-state index in [9.17, 15) is 9.59 Å². The number of nitrogens with zero attached hydrogens (tertiary/aromatic N) is 3. The van der Waals surface area contributed by atoms with E-state index in [1.807, 2.05) is 43.3 Å². The molecule has 3 aromatic rings. The molecule has 132 valence electrons. The number of anilines is 2. The van der Waals surface area contributed by atoms with Gasteiger partial charge in [-0.25, -0.2) is 4.68 Å². The summed E-state index contributed by atoms with van der Waals surface area (Å²) in [5, 5.41) is 13.5. The van der Waals surface area contributed by atoms with E-state index in [0.717, 1.165) is 11.3 Å². The standard InChI is InChI=1S/C19H19N5O2/c1-3-18(25)20-14-9-10-16(13(2)11-14)21-19(26)17-12-24(23-22-17)15-7-5-4-6-8-15/h4-12H,3H2,1-2H3,(H,20,25)(H,21,26). The Labute approximate surface area is 151 Å². The van der Waals surface area contributed by atoms with Crippen molar-refractivity contribution in [3.05, 3.63) is 66.0 Å². The molecule has 1 heterocycles. The molecule has 0 fully saturated rings. The summed E-state index contributed by atoms with van der Waals surface area (Å²) in [4.78, 5) is 23.9. The molecule has 0 aliphatic carbocycles. The Kier molecular flexibility index (Phi) is 5.07. The molecule has 0 unspecified atom stereocenters. The Morgan fingerprint density at radius 1 is 1.08 bits per heavy atom. The van der Waals surface area contributed by atoms with Crippen molar-refractivity contribution >= 4 is 23.2 Å². The largest absolute Gasteiger partial charge is 0.326 e. The molecule has 7 nitrogen and oxygen atoms in total. The van der Waals surface area contributed by atoms with Gasteiger partial charge in [0.15, 0.2) is 5.69 Å². The Morgan fingerprint density at radius 2 is 1.85 bits per heavy atom. The second kappa shape index (κ2) is 7.60. The van der Waals surface area contributed by atoms with Crippen LogP contribution in [0.1, 0.15) is 29.4 Å². The lowest BCUT2D eigenvalue weighted by atomic mass is 10.1. The first kappa shape index (κ1) is 17.3. The number of hydrogen-bond donors (Lipinski definition) is 2. The van der Waals surface area contributed by atoms with Crippen molar-refractivity contribution < 1.29 is 9.59 Å². The molecule has 0 aliphatic heterocycles. The van der Waals surface area contributed by atoms with Crippen LogP contribution >= 0.6 is 0 Å². The Hall–Kier alpha value is -3.48. The van der Waals surface area contributed by atoms with E-state index in [1.165, 1.54) is 0 Å². The Balaban J connectivity index is 1.72. The summed E-state index contributed by atoms with van der Waals surface area (Å²) in [6.07, 6.45) is 1.99. The second-order valence-corrected chi connectivity index (χ2v) is 5.77. The summed E-state index contributed by atoms with van der Waals surface area (Å²) in [6.45, 7) is 3.65. The van der Waals surface area contributed by atoms with E-state index in [1.54, 1.807) is 29.9 Å². The maximum absolute atomic E-state index is 12.4. The summed E-state index contributed by atoms with van der Waals surface area (Å²) >= 11 is 0. The van der Waals surface area contributed by atoms with Crippen LogP contribution in [0.25, 0.3) is 5.69 Å². The minimum atomic E-state index is -0.347. The van der Waals surface area contributed by atoms with E-state index in [0.29, 0.717) is 17.8 Å². The number of nitrogens with one attached hydrogen (secondary N) is 2. The summed E-state index contributed by atoms with van der Waals surface area (Å²) in [6, 6.07) is 14.7. The van der Waals surface area contributed by atoms with Gasteiger partial charge in [-0.1, -0.05) is 30.3 Å². The summed E-state index contributed by atoms with van der Waals surface area (Å²) in [5.74, 6) is -0.403. The molecule has 2 amide bonds. The molecule has 0 saturated heterocycles. The topological polar surface area (TPSA) is 88.9 Å². The van der Waals surface area contributed by atoms with Crippen molar-refractivity contribution in [3.63, 3.8) is 0 Å². The van der Waals surface area contributed by atoms with Crippen molar-refractivity contribution in [2.24, 2.45) is 0 Å². The first-order chi connectivity index (χ1) is 12.6. The first-order valence-electron chi connectivity index (χ1n) is 8.26. The van der Waals surface area contributed by atoms with E-state index >= 15 is 0 Å². The first-order valence-corrected chi connectivity index (χ1v) is 8.26. The maximum Gasteiger partial charge on any atom is 0.277 e. The highest BCUT2D eigenvalue weighted by Crippen LogP contribution is 2.20. The number of rotatable bonds is 5. The minimum Gasteiger partial charge on any atom is -0.326 e. The molecule has 1 aromatic heterocycles. The van der Waals surface area contributed by atoms with Crippen molar-refractivity contribution in [1.29, 1.82) is 0 Å². The fourth-order valence-corrected chi connectivity index (χ4v) is 2.39. The second-order valence-electron chi connectivity index (χ2n) is 5.77. The Morgan fingerprint density at radius 3 is 2.54 bits per heavy atom. The lowest BCUT2D eigenvalue weighted by Gasteiger charge is -2.10. The number of aromatic nitrogens is 3. The zero-order valence-corrected chi connectivity index (χ0v) is 14.6. The van der Waals surface area contributed by atoms with E-state index in [2.05, 4.69) is 20.9 Å². The lowest BCUT2D eigenvalue weighted by molar-refractivity contribution is -0.115. The molecular weight excluding hydrogens is 330 g/mol. The zero-order chi connectivity index (χ0) is 18.5. The number of amides is 2. The summed E-state index contributed by atoms with van der Waals surface area (Å²) < 4.78 is 1.55. The van der Waals surface area contributed by atoms with Crippen LogP contribution < -0.4 is 10.6 Å². The molecule has 0 radical (unpaired) electrons. The molecule has 0 atom stereocenters. The van der Waals surface area contributed by atoms with E-state index in [4.69, 9.17) is 0 Å². The van der Waals surface area contributed by atoms with Crippen LogP contribution in [0.3, 0.4) is 0 Å². The van der Waals surface area contributed by atoms with Gasteiger partial charge in [0.1, 0.15) is 0 Å². The smallest absolute Gasteiger partial charge is 0.277 e. The summed E-state index contributed by atoms with van der Waals surface area (Å²) in [7, 11) is 0. The number of benzene rings is 2. The fourth-order valence-electron chi connectivity index (χ4n) is 2.39. The van der Waals surface area contributed by atoms with Gasteiger partial charge in [-0.15, -0.1) is 5.10 Å². The third kappa shape index (κ3) is 3.94. The lowest BCUT2D eigenvalue weighted by Crippen LogP contribution is -2.14. The van der Waals surface area contributed by atoms with Crippen molar-refractivity contribution in [1.82, 2.24) is 15.0 Å². The van der Waals surface area contributed by atoms with Gasteiger partial charge in [0.25, 0.3) is 5.91 Å². The van der Waals surface area contributed by atoms with E-state index in [-0.39, 0.29) is 17.5 Å². The van der Waals surface area contributed by atoms with Crippen LogP contribution in [0, 0.1) is 6.92 Å². The molecule has 2 N–H and O–H groups in total. The van der Waals surface area contributed by atoms with Crippen LogP contribution in [0.5, 0.6) is 0 Å². The quantitative estimate of drug-likeness (QED) is 0.740. The number of carbonyl (C=O) groups excluding carboxylic acids is 2. The highest BCUT2D eigenvalue weighted by atomic mass is 16.2. The number of para-hydroxylation sites is 1. The van der Waals surface area contributed by atoms with Gasteiger partial charge < -0.3 is 10.6 Å². The van der Waals surface area contributed by atoms with Crippen LogP contribution in [-0.2, 0) is 4.79 Å². The SMILES string of the molecule is CCC(=O)Nc1ccc(NC(=O)c2cn(-c3ccccc3)nn2)c(C)c1. The predicted octanol–water partition coefficient (Wildman–Crippen LogP) is 3.18. The third-order valence-electron chi connectivity index (χ3n) is 3.83. The third-order valence-corrected chi connectivity index (χ3v) is 3.83. The van der Waals surface area contributed by atoms with Crippen LogP contribution in [0.2, 0.25) is 0 Å².